The van der Waals surface area contributed by atoms with Crippen molar-refractivity contribution in [1.29, 1.82) is 0 Å². The standard InChI is InChI=1S/C12H13ClN2O3/c1-12(11(17)15(2)3)10(16)14-8-6-7(13)4-5-9(8)18-12/h4-6H,1-3H3,(H,14,16)/t12-/m1/s1. The number of carbonyl (C=O) groups excluding carboxylic acids is 2. The van der Waals surface area contributed by atoms with Gasteiger partial charge in [0, 0.05) is 19.1 Å². The molecule has 0 aliphatic carbocycles. The van der Waals surface area contributed by atoms with Crippen molar-refractivity contribution in [1.82, 2.24) is 4.90 Å². The number of carbonyl (C=O) groups is 2. The van der Waals surface area contributed by atoms with E-state index in [4.69, 9.17) is 16.3 Å². The van der Waals surface area contributed by atoms with E-state index in [9.17, 15) is 9.59 Å². The molecule has 0 saturated heterocycles. The summed E-state index contributed by atoms with van der Waals surface area (Å²) in [6.45, 7) is 1.45. The summed E-state index contributed by atoms with van der Waals surface area (Å²) in [6.07, 6.45) is 0. The van der Waals surface area contributed by atoms with Gasteiger partial charge in [-0.2, -0.15) is 0 Å². The van der Waals surface area contributed by atoms with Crippen LogP contribution in [0.5, 0.6) is 5.75 Å². The monoisotopic (exact) mass is 268 g/mol. The van der Waals surface area contributed by atoms with Gasteiger partial charge in [0.1, 0.15) is 5.75 Å². The highest BCUT2D eigenvalue weighted by Gasteiger charge is 2.48. The van der Waals surface area contributed by atoms with Crippen LogP contribution in [-0.4, -0.2) is 36.4 Å². The fraction of sp³-hybridized carbons (Fsp3) is 0.333. The number of nitrogens with zero attached hydrogens (tertiary/aromatic N) is 1. The van der Waals surface area contributed by atoms with Gasteiger partial charge in [-0.3, -0.25) is 9.59 Å². The molecule has 5 nitrogen and oxygen atoms in total. The van der Waals surface area contributed by atoms with Crippen LogP contribution >= 0.6 is 11.6 Å². The van der Waals surface area contributed by atoms with Crippen molar-refractivity contribution in [3.8, 4) is 5.75 Å². The minimum atomic E-state index is -1.55. The Balaban J connectivity index is 2.42. The van der Waals surface area contributed by atoms with Crippen molar-refractivity contribution >= 4 is 29.1 Å². The summed E-state index contributed by atoms with van der Waals surface area (Å²) in [7, 11) is 3.14. The first kappa shape index (κ1) is 12.7. The predicted octanol–water partition coefficient (Wildman–Crippen LogP) is 1.52. The lowest BCUT2D eigenvalue weighted by molar-refractivity contribution is -0.152. The maximum absolute atomic E-state index is 12.0. The third-order valence-corrected chi connectivity index (χ3v) is 2.99. The summed E-state index contributed by atoms with van der Waals surface area (Å²) in [4.78, 5) is 25.4. The molecule has 2 rings (SSSR count). The molecule has 2 amide bonds. The maximum atomic E-state index is 12.0. The summed E-state index contributed by atoms with van der Waals surface area (Å²) in [5.41, 5.74) is -1.08. The molecule has 0 saturated carbocycles. The molecule has 1 N–H and O–H groups in total. The van der Waals surface area contributed by atoms with Gasteiger partial charge in [-0.25, -0.2) is 0 Å². The molecule has 1 aromatic rings. The van der Waals surface area contributed by atoms with Crippen LogP contribution in [0.1, 0.15) is 6.92 Å². The van der Waals surface area contributed by atoms with Crippen molar-refractivity contribution in [3.63, 3.8) is 0 Å². The number of amides is 2. The van der Waals surface area contributed by atoms with Crippen molar-refractivity contribution in [2.24, 2.45) is 0 Å². The second kappa shape index (κ2) is 4.17. The number of hydrogen-bond acceptors (Lipinski definition) is 3. The second-order valence-electron chi connectivity index (χ2n) is 4.43. The lowest BCUT2D eigenvalue weighted by Gasteiger charge is -2.34. The van der Waals surface area contributed by atoms with Crippen molar-refractivity contribution < 1.29 is 14.3 Å². The molecular formula is C12H13ClN2O3. The fourth-order valence-electron chi connectivity index (χ4n) is 1.76. The fourth-order valence-corrected chi connectivity index (χ4v) is 1.94. The summed E-state index contributed by atoms with van der Waals surface area (Å²) in [5.74, 6) is -0.492. The largest absolute Gasteiger partial charge is 0.466 e. The molecule has 6 heteroatoms. The van der Waals surface area contributed by atoms with Crippen molar-refractivity contribution in [2.75, 3.05) is 19.4 Å². The lowest BCUT2D eigenvalue weighted by Crippen LogP contribution is -2.58. The molecule has 1 heterocycles. The number of nitrogens with one attached hydrogen (secondary N) is 1. The topological polar surface area (TPSA) is 58.6 Å². The van der Waals surface area contributed by atoms with Crippen LogP contribution in [0.3, 0.4) is 0 Å². The van der Waals surface area contributed by atoms with Gasteiger partial charge < -0.3 is 15.0 Å². The number of ether oxygens (including phenoxy) is 1. The first-order valence-electron chi connectivity index (χ1n) is 5.36. The highest BCUT2D eigenvalue weighted by Crippen LogP contribution is 2.35. The molecule has 18 heavy (non-hydrogen) atoms. The van der Waals surface area contributed by atoms with E-state index in [1.165, 1.54) is 11.8 Å². The van der Waals surface area contributed by atoms with E-state index in [0.29, 0.717) is 16.5 Å². The van der Waals surface area contributed by atoms with Gasteiger partial charge in [0.15, 0.2) is 0 Å². The van der Waals surface area contributed by atoms with E-state index < -0.39 is 17.4 Å². The third-order valence-electron chi connectivity index (χ3n) is 2.75. The number of rotatable bonds is 1. The van der Waals surface area contributed by atoms with Gasteiger partial charge in [0.05, 0.1) is 5.69 Å². The van der Waals surface area contributed by atoms with E-state index in [2.05, 4.69) is 5.32 Å². The highest BCUT2D eigenvalue weighted by atomic mass is 35.5. The van der Waals surface area contributed by atoms with E-state index >= 15 is 0 Å². The Labute approximate surface area is 110 Å². The van der Waals surface area contributed by atoms with Gasteiger partial charge in [-0.05, 0) is 25.1 Å². The van der Waals surface area contributed by atoms with Crippen LogP contribution in [0.25, 0.3) is 0 Å². The Hall–Kier alpha value is -1.75. The number of fused-ring (bicyclic) bond motifs is 1. The van der Waals surface area contributed by atoms with Gasteiger partial charge in [0.25, 0.3) is 17.4 Å². The smallest absolute Gasteiger partial charge is 0.278 e. The van der Waals surface area contributed by atoms with E-state index in [-0.39, 0.29) is 0 Å². The van der Waals surface area contributed by atoms with Crippen LogP contribution in [-0.2, 0) is 9.59 Å². The molecule has 0 unspecified atom stereocenters. The second-order valence-corrected chi connectivity index (χ2v) is 4.87. The molecule has 0 aromatic heterocycles. The number of hydrogen-bond donors (Lipinski definition) is 1. The zero-order chi connectivity index (χ0) is 13.5. The average molecular weight is 269 g/mol. The quantitative estimate of drug-likeness (QED) is 0.786. The van der Waals surface area contributed by atoms with Crippen LogP contribution in [0.15, 0.2) is 18.2 Å². The molecule has 0 spiro atoms. The SMILES string of the molecule is CN(C)C(=O)[C@]1(C)Oc2ccc(Cl)cc2NC1=O. The molecule has 1 atom stereocenters. The molecule has 0 fully saturated rings. The minimum absolute atomic E-state index is 0.416. The molecule has 1 aliphatic heterocycles. The van der Waals surface area contributed by atoms with Crippen LogP contribution in [0.2, 0.25) is 5.02 Å². The molecule has 96 valence electrons. The van der Waals surface area contributed by atoms with E-state index in [1.807, 2.05) is 0 Å². The minimum Gasteiger partial charge on any atom is -0.466 e. The number of likely N-dealkylation sites (N-methyl/N-ethyl adjacent to an activating group) is 1. The first-order chi connectivity index (χ1) is 8.34. The predicted molar refractivity (Wildman–Crippen MR) is 67.8 cm³/mol. The van der Waals surface area contributed by atoms with Crippen molar-refractivity contribution in [2.45, 2.75) is 12.5 Å². The summed E-state index contributed by atoms with van der Waals surface area (Å²) in [6, 6.07) is 4.84. The zero-order valence-corrected chi connectivity index (χ0v) is 11.0. The van der Waals surface area contributed by atoms with Gasteiger partial charge in [0.2, 0.25) is 0 Å². The van der Waals surface area contributed by atoms with Crippen LogP contribution < -0.4 is 10.1 Å². The molecule has 1 aromatic carbocycles. The van der Waals surface area contributed by atoms with E-state index in [1.54, 1.807) is 32.3 Å². The summed E-state index contributed by atoms with van der Waals surface area (Å²) < 4.78 is 5.55. The van der Waals surface area contributed by atoms with Crippen LogP contribution in [0.4, 0.5) is 5.69 Å². The number of halogens is 1. The van der Waals surface area contributed by atoms with Crippen LogP contribution in [0, 0.1) is 0 Å². The molecular weight excluding hydrogens is 256 g/mol. The molecule has 1 aliphatic rings. The Bertz CT molecular complexity index is 530. The Morgan fingerprint density at radius 1 is 1.44 bits per heavy atom. The Morgan fingerprint density at radius 3 is 2.72 bits per heavy atom. The average Bonchev–Trinajstić information content (AvgIpc) is 2.30. The van der Waals surface area contributed by atoms with Crippen molar-refractivity contribution in [3.05, 3.63) is 23.2 Å². The van der Waals surface area contributed by atoms with Gasteiger partial charge in [-0.1, -0.05) is 11.6 Å². The lowest BCUT2D eigenvalue weighted by atomic mass is 10.0. The molecule has 0 bridgehead atoms. The normalized spacial score (nSPS) is 21.7. The summed E-state index contributed by atoms with van der Waals surface area (Å²) >= 11 is 5.83. The first-order valence-corrected chi connectivity index (χ1v) is 5.74. The Morgan fingerprint density at radius 2 is 2.11 bits per heavy atom. The molecule has 0 radical (unpaired) electrons. The highest BCUT2D eigenvalue weighted by molar-refractivity contribution is 6.31. The maximum Gasteiger partial charge on any atom is 0.278 e. The third kappa shape index (κ3) is 1.90. The Kier molecular flexibility index (Phi) is 2.94. The van der Waals surface area contributed by atoms with Gasteiger partial charge >= 0.3 is 0 Å². The van der Waals surface area contributed by atoms with Gasteiger partial charge in [-0.15, -0.1) is 0 Å². The number of benzene rings is 1. The zero-order valence-electron chi connectivity index (χ0n) is 10.3. The number of anilines is 1. The summed E-state index contributed by atoms with van der Waals surface area (Å²) in [5, 5.41) is 3.12. The van der Waals surface area contributed by atoms with E-state index in [0.717, 1.165) is 0 Å².